The predicted molar refractivity (Wildman–Crippen MR) is 124 cm³/mol. The summed E-state index contributed by atoms with van der Waals surface area (Å²) in [7, 11) is -8.05. The molecular formula is C23H26N2O6S2. The van der Waals surface area contributed by atoms with Gasteiger partial charge in [-0.3, -0.25) is 0 Å². The highest BCUT2D eigenvalue weighted by Crippen LogP contribution is 2.33. The lowest BCUT2D eigenvalue weighted by Crippen LogP contribution is -2.42. The second-order valence-corrected chi connectivity index (χ2v) is 12.5. The zero-order valence-corrected chi connectivity index (χ0v) is 20.2. The molecule has 8 nitrogen and oxygen atoms in total. The summed E-state index contributed by atoms with van der Waals surface area (Å²) < 4.78 is 55.7. The molecule has 0 saturated carbocycles. The second-order valence-electron chi connectivity index (χ2n) is 8.81. The molecule has 2 atom stereocenters. The summed E-state index contributed by atoms with van der Waals surface area (Å²) in [6, 6.07) is 11.7. The Labute approximate surface area is 193 Å². The maximum Gasteiger partial charge on any atom is 0.353 e. The molecule has 1 aliphatic heterocycles. The van der Waals surface area contributed by atoms with Gasteiger partial charge in [0.2, 0.25) is 10.0 Å². The van der Waals surface area contributed by atoms with E-state index in [1.165, 1.54) is 41.6 Å². The number of rotatable bonds is 5. The highest BCUT2D eigenvalue weighted by molar-refractivity contribution is 7.90. The number of piperidine rings is 1. The zero-order valence-electron chi connectivity index (χ0n) is 18.6. The highest BCUT2D eigenvalue weighted by Gasteiger charge is 2.34. The average molecular weight is 491 g/mol. The maximum atomic E-state index is 13.4. The number of nitrogens with zero attached hydrogens (tertiary/aromatic N) is 2. The minimum Gasteiger partial charge on any atom is -0.477 e. The molecule has 0 spiro atoms. The number of hydrogen-bond acceptors (Lipinski definition) is 5. The molecule has 1 N–H and O–H groups in total. The SMILES string of the molecule is Cc1c(C(=O)O)n(S(=O)(=O)c2ccccc2)c2ccc(S(=O)(=O)N3CC(C)CC(C)C3)cc12. The molecule has 2 aromatic carbocycles. The van der Waals surface area contributed by atoms with Crippen molar-refractivity contribution in [3.63, 3.8) is 0 Å². The first-order valence-electron chi connectivity index (χ1n) is 10.6. The number of aromatic nitrogens is 1. The number of carbonyl (C=O) groups is 1. The van der Waals surface area contributed by atoms with Crippen molar-refractivity contribution in [1.29, 1.82) is 0 Å². The van der Waals surface area contributed by atoms with Gasteiger partial charge in [-0.1, -0.05) is 32.0 Å². The molecule has 0 bridgehead atoms. The summed E-state index contributed by atoms with van der Waals surface area (Å²) >= 11 is 0. The number of sulfonamides is 1. The Kier molecular flexibility index (Phi) is 5.88. The molecule has 176 valence electrons. The van der Waals surface area contributed by atoms with Crippen molar-refractivity contribution in [1.82, 2.24) is 8.28 Å². The van der Waals surface area contributed by atoms with Crippen LogP contribution in [0.15, 0.2) is 58.3 Å². The Bertz CT molecular complexity index is 1430. The molecule has 2 heterocycles. The van der Waals surface area contributed by atoms with Gasteiger partial charge in [0.15, 0.2) is 0 Å². The van der Waals surface area contributed by atoms with E-state index in [-0.39, 0.29) is 38.1 Å². The van der Waals surface area contributed by atoms with Gasteiger partial charge in [-0.05, 0) is 61.1 Å². The number of aromatic carboxylic acids is 1. The first-order chi connectivity index (χ1) is 15.4. The maximum absolute atomic E-state index is 13.4. The number of hydrogen-bond donors (Lipinski definition) is 1. The third-order valence-electron chi connectivity index (χ3n) is 6.11. The van der Waals surface area contributed by atoms with Crippen LogP contribution in [0.5, 0.6) is 0 Å². The summed E-state index contributed by atoms with van der Waals surface area (Å²) in [6.45, 7) is 6.34. The lowest BCUT2D eigenvalue weighted by atomic mass is 9.94. The van der Waals surface area contributed by atoms with E-state index < -0.39 is 31.7 Å². The molecule has 0 radical (unpaired) electrons. The van der Waals surface area contributed by atoms with E-state index in [4.69, 9.17) is 0 Å². The van der Waals surface area contributed by atoms with E-state index in [9.17, 15) is 26.7 Å². The van der Waals surface area contributed by atoms with Crippen LogP contribution in [0.3, 0.4) is 0 Å². The van der Waals surface area contributed by atoms with Crippen LogP contribution in [0.1, 0.15) is 36.3 Å². The summed E-state index contributed by atoms with van der Waals surface area (Å²) in [5.74, 6) is -0.958. The molecule has 3 aromatic rings. The van der Waals surface area contributed by atoms with Crippen LogP contribution in [0.2, 0.25) is 0 Å². The molecule has 4 rings (SSSR count). The van der Waals surface area contributed by atoms with Crippen molar-refractivity contribution in [2.75, 3.05) is 13.1 Å². The molecule has 1 aliphatic rings. The topological polar surface area (TPSA) is 114 Å². The van der Waals surface area contributed by atoms with Gasteiger partial charge in [-0.15, -0.1) is 0 Å². The van der Waals surface area contributed by atoms with Gasteiger partial charge >= 0.3 is 5.97 Å². The van der Waals surface area contributed by atoms with E-state index in [1.807, 2.05) is 13.8 Å². The molecule has 2 unspecified atom stereocenters. The third-order valence-corrected chi connectivity index (χ3v) is 9.66. The minimum atomic E-state index is -4.23. The molecule has 1 fully saturated rings. The fraction of sp³-hybridized carbons (Fsp3) is 0.348. The van der Waals surface area contributed by atoms with Crippen LogP contribution in [-0.4, -0.2) is 49.3 Å². The molecule has 10 heteroatoms. The summed E-state index contributed by atoms with van der Waals surface area (Å²) in [4.78, 5) is 12.0. The van der Waals surface area contributed by atoms with Gasteiger partial charge in [0, 0.05) is 18.5 Å². The minimum absolute atomic E-state index is 0.0191. The first-order valence-corrected chi connectivity index (χ1v) is 13.5. The molecule has 33 heavy (non-hydrogen) atoms. The van der Waals surface area contributed by atoms with Crippen molar-refractivity contribution in [2.45, 2.75) is 37.0 Å². The van der Waals surface area contributed by atoms with Crippen LogP contribution in [0.25, 0.3) is 10.9 Å². The Balaban J connectivity index is 1.92. The fourth-order valence-electron chi connectivity index (χ4n) is 4.70. The summed E-state index contributed by atoms with van der Waals surface area (Å²) in [6.07, 6.45) is 0.951. The van der Waals surface area contributed by atoms with Gasteiger partial charge in [-0.25, -0.2) is 25.6 Å². The number of benzene rings is 2. The summed E-state index contributed by atoms with van der Waals surface area (Å²) in [5.41, 5.74) is -0.105. The number of aryl methyl sites for hydroxylation is 1. The lowest BCUT2D eigenvalue weighted by molar-refractivity contribution is 0.0689. The molecular weight excluding hydrogens is 464 g/mol. The quantitative estimate of drug-likeness (QED) is 0.585. The van der Waals surface area contributed by atoms with Gasteiger partial charge in [0.25, 0.3) is 10.0 Å². The number of fused-ring (bicyclic) bond motifs is 1. The van der Waals surface area contributed by atoms with E-state index in [0.29, 0.717) is 13.1 Å². The first kappa shape index (κ1) is 23.5. The molecule has 0 aliphatic carbocycles. The molecule has 1 aromatic heterocycles. The standard InChI is InChI=1S/C23H26N2O6S2/c1-15-11-16(2)14-24(13-15)32(28,29)19-9-10-21-20(12-19)17(3)22(23(26)27)25(21)33(30,31)18-7-5-4-6-8-18/h4-10,12,15-16H,11,13-14H2,1-3H3,(H,26,27). The Morgan fingerprint density at radius 2 is 1.52 bits per heavy atom. The van der Waals surface area contributed by atoms with Crippen molar-refractivity contribution in [3.8, 4) is 0 Å². The normalized spacial score (nSPS) is 20.2. The Morgan fingerprint density at radius 1 is 0.909 bits per heavy atom. The smallest absolute Gasteiger partial charge is 0.353 e. The monoisotopic (exact) mass is 490 g/mol. The predicted octanol–water partition coefficient (Wildman–Crippen LogP) is 3.55. The molecule has 1 saturated heterocycles. The highest BCUT2D eigenvalue weighted by atomic mass is 32.2. The number of carboxylic acids is 1. The van der Waals surface area contributed by atoms with Crippen LogP contribution >= 0.6 is 0 Å². The van der Waals surface area contributed by atoms with E-state index in [0.717, 1.165) is 10.4 Å². The van der Waals surface area contributed by atoms with Crippen molar-refractivity contribution in [2.24, 2.45) is 11.8 Å². The van der Waals surface area contributed by atoms with Gasteiger partial charge in [-0.2, -0.15) is 4.31 Å². The van der Waals surface area contributed by atoms with Crippen molar-refractivity contribution >= 4 is 36.9 Å². The molecule has 0 amide bonds. The van der Waals surface area contributed by atoms with Crippen molar-refractivity contribution < 1.29 is 26.7 Å². The van der Waals surface area contributed by atoms with E-state index >= 15 is 0 Å². The fourth-order valence-corrected chi connectivity index (χ4v) is 7.99. The summed E-state index contributed by atoms with van der Waals surface area (Å²) in [5, 5.41) is 10.1. The third kappa shape index (κ3) is 3.96. The van der Waals surface area contributed by atoms with Gasteiger partial charge in [0.05, 0.1) is 15.3 Å². The van der Waals surface area contributed by atoms with Gasteiger partial charge < -0.3 is 5.11 Å². The largest absolute Gasteiger partial charge is 0.477 e. The number of carboxylic acid groups (broad SMARTS) is 1. The Morgan fingerprint density at radius 3 is 2.09 bits per heavy atom. The zero-order chi connectivity index (χ0) is 24.1. The van der Waals surface area contributed by atoms with Crippen LogP contribution < -0.4 is 0 Å². The van der Waals surface area contributed by atoms with Crippen LogP contribution in [0.4, 0.5) is 0 Å². The van der Waals surface area contributed by atoms with E-state index in [1.54, 1.807) is 18.2 Å². The van der Waals surface area contributed by atoms with Crippen LogP contribution in [0, 0.1) is 18.8 Å². The van der Waals surface area contributed by atoms with Gasteiger partial charge in [0.1, 0.15) is 5.69 Å². The van der Waals surface area contributed by atoms with Crippen LogP contribution in [-0.2, 0) is 20.0 Å². The van der Waals surface area contributed by atoms with Crippen molar-refractivity contribution in [3.05, 3.63) is 59.8 Å². The second kappa shape index (κ2) is 8.27. The van der Waals surface area contributed by atoms with E-state index in [2.05, 4.69) is 0 Å². The lowest BCUT2D eigenvalue weighted by Gasteiger charge is -2.34. The average Bonchev–Trinajstić information content (AvgIpc) is 3.06. The Hall–Kier alpha value is -2.69.